The van der Waals surface area contributed by atoms with Crippen LogP contribution in [0.15, 0.2) is 52.4 Å². The number of nitrogens with zero attached hydrogens (tertiary/aromatic N) is 2. The largest absolute Gasteiger partial charge is 0.369 e. The van der Waals surface area contributed by atoms with Crippen LogP contribution in [0.2, 0.25) is 5.02 Å². The van der Waals surface area contributed by atoms with Gasteiger partial charge in [0.15, 0.2) is 0 Å². The van der Waals surface area contributed by atoms with Gasteiger partial charge in [0, 0.05) is 16.4 Å². The first kappa shape index (κ1) is 20.3. The van der Waals surface area contributed by atoms with Crippen LogP contribution in [0.1, 0.15) is 17.5 Å². The van der Waals surface area contributed by atoms with Gasteiger partial charge in [0.2, 0.25) is 17.8 Å². The number of rotatable bonds is 4. The summed E-state index contributed by atoms with van der Waals surface area (Å²) >= 11 is 5.96. The van der Waals surface area contributed by atoms with Crippen molar-refractivity contribution in [3.8, 4) is 0 Å². The van der Waals surface area contributed by atoms with Gasteiger partial charge in [-0.15, -0.1) is 0 Å². The number of carbonyl (C=O) groups is 2. The van der Waals surface area contributed by atoms with E-state index >= 15 is 0 Å². The second-order valence-electron chi connectivity index (χ2n) is 6.66. The van der Waals surface area contributed by atoms with Crippen LogP contribution in [0, 0.1) is 13.8 Å². The van der Waals surface area contributed by atoms with Crippen LogP contribution in [0.25, 0.3) is 0 Å². The third-order valence-corrected chi connectivity index (χ3v) is 4.45. The second-order valence-corrected chi connectivity index (χ2v) is 7.09. The van der Waals surface area contributed by atoms with Crippen molar-refractivity contribution in [3.63, 3.8) is 0 Å². The van der Waals surface area contributed by atoms with Crippen molar-refractivity contribution in [1.82, 2.24) is 5.32 Å². The molecule has 0 aromatic heterocycles. The molecule has 0 saturated heterocycles. The van der Waals surface area contributed by atoms with Crippen molar-refractivity contribution < 1.29 is 9.59 Å². The normalized spacial score (nSPS) is 16.2. The molecule has 1 aliphatic rings. The molecule has 0 unspecified atom stereocenters. The number of guanidine groups is 2. The topological polar surface area (TPSA) is 121 Å². The third-order valence-electron chi connectivity index (χ3n) is 4.22. The molecule has 1 aliphatic heterocycles. The zero-order chi connectivity index (χ0) is 21.0. The summed E-state index contributed by atoms with van der Waals surface area (Å²) in [6.07, 6.45) is -0.123. The average molecular weight is 413 g/mol. The highest BCUT2D eigenvalue weighted by atomic mass is 35.5. The lowest BCUT2D eigenvalue weighted by Crippen LogP contribution is -2.32. The molecule has 0 aliphatic carbocycles. The molecule has 1 heterocycles. The fraction of sp³-hybridized carbons (Fsp3) is 0.200. The Morgan fingerprint density at radius 3 is 2.66 bits per heavy atom. The van der Waals surface area contributed by atoms with E-state index in [4.69, 9.17) is 17.3 Å². The first-order chi connectivity index (χ1) is 13.8. The second kappa shape index (κ2) is 8.74. The Labute approximate surface area is 173 Å². The van der Waals surface area contributed by atoms with Crippen LogP contribution < -0.4 is 21.7 Å². The Morgan fingerprint density at radius 2 is 1.93 bits per heavy atom. The van der Waals surface area contributed by atoms with E-state index < -0.39 is 11.9 Å². The summed E-state index contributed by atoms with van der Waals surface area (Å²) in [5.74, 6) is -0.628. The van der Waals surface area contributed by atoms with Crippen molar-refractivity contribution in [2.24, 2.45) is 15.7 Å². The molecule has 5 N–H and O–H groups in total. The predicted molar refractivity (Wildman–Crippen MR) is 115 cm³/mol. The molecule has 0 bridgehead atoms. The molecule has 0 spiro atoms. The number of aryl methyl sites for hydroxylation is 2. The number of aliphatic imine (C=N–C) groups is 2. The van der Waals surface area contributed by atoms with Crippen molar-refractivity contribution in [2.75, 3.05) is 10.6 Å². The molecule has 2 amide bonds. The minimum Gasteiger partial charge on any atom is -0.369 e. The highest BCUT2D eigenvalue weighted by molar-refractivity contribution is 6.31. The quantitative estimate of drug-likeness (QED) is 0.455. The summed E-state index contributed by atoms with van der Waals surface area (Å²) < 4.78 is 0. The van der Waals surface area contributed by atoms with Gasteiger partial charge in [-0.05, 0) is 43.7 Å². The highest BCUT2D eigenvalue weighted by Crippen LogP contribution is 2.20. The Kier molecular flexibility index (Phi) is 6.13. The van der Waals surface area contributed by atoms with Gasteiger partial charge in [0.25, 0.3) is 5.91 Å². The lowest BCUT2D eigenvalue weighted by Gasteiger charge is -2.09. The summed E-state index contributed by atoms with van der Waals surface area (Å²) in [6.45, 7) is 3.83. The monoisotopic (exact) mass is 412 g/mol. The Hall–Kier alpha value is -3.39. The summed E-state index contributed by atoms with van der Waals surface area (Å²) in [5.41, 5.74) is 9.20. The predicted octanol–water partition coefficient (Wildman–Crippen LogP) is 2.57. The van der Waals surface area contributed by atoms with Gasteiger partial charge >= 0.3 is 0 Å². The summed E-state index contributed by atoms with van der Waals surface area (Å²) in [4.78, 5) is 32.6. The van der Waals surface area contributed by atoms with Crippen molar-refractivity contribution in [3.05, 3.63) is 58.6 Å². The van der Waals surface area contributed by atoms with Crippen LogP contribution in [0.5, 0.6) is 0 Å². The summed E-state index contributed by atoms with van der Waals surface area (Å²) in [5, 5.41) is 8.69. The molecule has 0 fully saturated rings. The molecule has 2 aromatic carbocycles. The van der Waals surface area contributed by atoms with E-state index in [-0.39, 0.29) is 24.2 Å². The molecular weight excluding hydrogens is 392 g/mol. The minimum absolute atomic E-state index is 0.0591. The van der Waals surface area contributed by atoms with Crippen molar-refractivity contribution in [1.29, 1.82) is 0 Å². The third kappa shape index (κ3) is 5.55. The molecule has 3 rings (SSSR count). The van der Waals surface area contributed by atoms with E-state index in [1.54, 1.807) is 18.2 Å². The van der Waals surface area contributed by atoms with Gasteiger partial charge in [-0.2, -0.15) is 4.99 Å². The van der Waals surface area contributed by atoms with E-state index in [1.807, 2.05) is 38.1 Å². The Bertz CT molecular complexity index is 1000. The number of hydrogen-bond donors (Lipinski definition) is 4. The highest BCUT2D eigenvalue weighted by Gasteiger charge is 2.28. The smallest absolute Gasteiger partial charge is 0.252 e. The van der Waals surface area contributed by atoms with Crippen LogP contribution in [0.3, 0.4) is 0 Å². The van der Waals surface area contributed by atoms with E-state index in [0.717, 1.165) is 16.8 Å². The number of amides is 2. The summed E-state index contributed by atoms with van der Waals surface area (Å²) in [6, 6.07) is 11.9. The number of halogens is 1. The van der Waals surface area contributed by atoms with Gasteiger partial charge < -0.3 is 16.4 Å². The van der Waals surface area contributed by atoms with Crippen LogP contribution >= 0.6 is 11.6 Å². The van der Waals surface area contributed by atoms with E-state index in [1.165, 1.54) is 0 Å². The minimum atomic E-state index is -0.875. The van der Waals surface area contributed by atoms with Gasteiger partial charge in [0.05, 0.1) is 6.42 Å². The molecule has 2 aromatic rings. The Morgan fingerprint density at radius 1 is 1.21 bits per heavy atom. The van der Waals surface area contributed by atoms with Crippen LogP contribution in [-0.2, 0) is 9.59 Å². The van der Waals surface area contributed by atoms with Gasteiger partial charge in [-0.3, -0.25) is 14.9 Å². The number of anilines is 2. The van der Waals surface area contributed by atoms with Crippen LogP contribution in [-0.4, -0.2) is 29.8 Å². The standard InChI is InChI=1S/C20H21ClN6O2/c1-11-3-7-14(8-4-11)23-19(22)27-20-25-16(18(29)26-20)10-17(28)24-15-9-13(21)6-5-12(15)2/h3-9,16H,10H2,1-2H3,(H,24,28)(H4,22,23,25,26,27,29)/t16-/m1/s1. The summed E-state index contributed by atoms with van der Waals surface area (Å²) in [7, 11) is 0. The molecule has 9 heteroatoms. The molecule has 0 radical (unpaired) electrons. The Balaban J connectivity index is 1.62. The molecule has 8 nitrogen and oxygen atoms in total. The van der Waals surface area contributed by atoms with Crippen molar-refractivity contribution in [2.45, 2.75) is 26.3 Å². The number of nitrogens with two attached hydrogens (primary N) is 1. The molecule has 150 valence electrons. The zero-order valence-corrected chi connectivity index (χ0v) is 16.7. The first-order valence-corrected chi connectivity index (χ1v) is 9.30. The SMILES string of the molecule is Cc1ccc(NC(N)=NC2=N[C@H](CC(=O)Nc3cc(Cl)ccc3C)C(=O)N2)cc1. The maximum absolute atomic E-state index is 12.3. The number of benzene rings is 2. The van der Waals surface area contributed by atoms with Crippen LogP contribution in [0.4, 0.5) is 11.4 Å². The maximum Gasteiger partial charge on any atom is 0.252 e. The van der Waals surface area contributed by atoms with Gasteiger partial charge in [-0.25, -0.2) is 4.99 Å². The number of nitrogens with one attached hydrogen (secondary N) is 3. The fourth-order valence-corrected chi connectivity index (χ4v) is 2.83. The maximum atomic E-state index is 12.3. The fourth-order valence-electron chi connectivity index (χ4n) is 2.66. The van der Waals surface area contributed by atoms with E-state index in [2.05, 4.69) is 25.9 Å². The molecule has 29 heavy (non-hydrogen) atoms. The van der Waals surface area contributed by atoms with Gasteiger partial charge in [0.1, 0.15) is 6.04 Å². The lowest BCUT2D eigenvalue weighted by molar-refractivity contribution is -0.123. The molecule has 0 saturated carbocycles. The first-order valence-electron chi connectivity index (χ1n) is 8.92. The lowest BCUT2D eigenvalue weighted by atomic mass is 10.1. The van der Waals surface area contributed by atoms with Gasteiger partial charge in [-0.1, -0.05) is 35.4 Å². The number of carbonyl (C=O) groups excluding carboxylic acids is 2. The van der Waals surface area contributed by atoms with E-state index in [9.17, 15) is 9.59 Å². The number of hydrogen-bond acceptors (Lipinski definition) is 4. The van der Waals surface area contributed by atoms with Crippen molar-refractivity contribution >= 4 is 46.7 Å². The zero-order valence-electron chi connectivity index (χ0n) is 16.0. The molecular formula is C20H21ClN6O2. The van der Waals surface area contributed by atoms with E-state index in [0.29, 0.717) is 10.7 Å². The average Bonchev–Trinajstić information content (AvgIpc) is 2.98. The molecule has 1 atom stereocenters.